The largest absolute Gasteiger partial charge is 0.489 e. The standard InChI is InChI=1S/C39H26N2O17/c42-33(43)18-54-22-6-10-29(40(49)50)20(13-22)16-53-24-5-8-27-32(15-24)57-36-28(39(27)26-4-2-1-3-25(26)38(48)58-39)9-12-31(35(36)37(46)47)56-17-21-14-23(55-19-34(44)45)7-11-30(21)41(51)52/h1-15H,16-19H2,(H,42,43)(H,44,45)(H,46,47). The van der Waals surface area contributed by atoms with Crippen molar-refractivity contribution in [2.24, 2.45) is 0 Å². The topological polar surface area (TPSA) is 271 Å². The highest BCUT2D eigenvalue weighted by Crippen LogP contribution is 2.58. The molecule has 0 saturated heterocycles. The maximum absolute atomic E-state index is 13.4. The summed E-state index contributed by atoms with van der Waals surface area (Å²) in [7, 11) is 0. The SMILES string of the molecule is O=C(O)COc1ccc([N+](=O)[O-])c(COc2ccc3c(c2)Oc2c(ccc(OCc4cc(OCC(=O)O)ccc4[N+](=O)[O-])c2C(=O)O)C32OC(=O)c3ccccc32)c1. The number of ether oxygens (including phenoxy) is 6. The van der Waals surface area contributed by atoms with Gasteiger partial charge in [-0.25, -0.2) is 19.2 Å². The summed E-state index contributed by atoms with van der Waals surface area (Å²) in [6.07, 6.45) is 0. The Hall–Kier alpha value is -8.22. The number of nitro benzene ring substituents is 2. The van der Waals surface area contributed by atoms with E-state index in [-0.39, 0.29) is 68.0 Å². The van der Waals surface area contributed by atoms with Gasteiger partial charge in [0, 0.05) is 34.9 Å². The quantitative estimate of drug-likeness (QED) is 0.0636. The van der Waals surface area contributed by atoms with E-state index in [1.54, 1.807) is 18.2 Å². The summed E-state index contributed by atoms with van der Waals surface area (Å²) in [5, 5.41) is 52.2. The molecule has 2 aliphatic rings. The molecule has 0 fully saturated rings. The van der Waals surface area contributed by atoms with E-state index in [0.717, 1.165) is 12.1 Å². The molecule has 3 N–H and O–H groups in total. The van der Waals surface area contributed by atoms with Gasteiger partial charge in [0.05, 0.1) is 26.5 Å². The van der Waals surface area contributed by atoms with E-state index in [1.807, 2.05) is 0 Å². The average Bonchev–Trinajstić information content (AvgIpc) is 3.48. The number of hydrogen-bond acceptors (Lipinski definition) is 14. The Morgan fingerprint density at radius 3 is 1.79 bits per heavy atom. The number of nitrogens with zero attached hydrogens (tertiary/aromatic N) is 2. The maximum atomic E-state index is 13.4. The van der Waals surface area contributed by atoms with Crippen LogP contribution in [-0.4, -0.2) is 62.3 Å². The van der Waals surface area contributed by atoms with Crippen molar-refractivity contribution in [3.8, 4) is 34.5 Å². The second kappa shape index (κ2) is 15.1. The number of aliphatic carboxylic acids is 2. The summed E-state index contributed by atoms with van der Waals surface area (Å²) in [4.78, 5) is 70.7. The Morgan fingerprint density at radius 1 is 0.655 bits per heavy atom. The zero-order valence-corrected chi connectivity index (χ0v) is 29.4. The van der Waals surface area contributed by atoms with Gasteiger partial charge in [0.25, 0.3) is 11.4 Å². The molecule has 1 atom stereocenters. The molecule has 7 rings (SSSR count). The van der Waals surface area contributed by atoms with Gasteiger partial charge >= 0.3 is 23.9 Å². The number of benzene rings is 5. The molecule has 0 saturated carbocycles. The van der Waals surface area contributed by atoms with E-state index in [0.29, 0.717) is 5.56 Å². The summed E-state index contributed by atoms with van der Waals surface area (Å²) < 4.78 is 34.5. The molecule has 294 valence electrons. The lowest BCUT2D eigenvalue weighted by atomic mass is 9.77. The monoisotopic (exact) mass is 794 g/mol. The van der Waals surface area contributed by atoms with E-state index in [1.165, 1.54) is 60.7 Å². The molecule has 5 aromatic carbocycles. The smallest absolute Gasteiger partial charge is 0.343 e. The van der Waals surface area contributed by atoms with Gasteiger partial charge in [-0.15, -0.1) is 0 Å². The molecule has 19 nitrogen and oxygen atoms in total. The molecule has 2 aliphatic heterocycles. The fourth-order valence-electron chi connectivity index (χ4n) is 6.61. The van der Waals surface area contributed by atoms with Crippen molar-refractivity contribution in [3.05, 3.63) is 150 Å². The van der Waals surface area contributed by atoms with Gasteiger partial charge in [0.2, 0.25) is 0 Å². The van der Waals surface area contributed by atoms with Crippen LogP contribution in [0.1, 0.15) is 48.5 Å². The van der Waals surface area contributed by atoms with Crippen LogP contribution in [-0.2, 0) is 33.1 Å². The molecule has 0 amide bonds. The first-order chi connectivity index (χ1) is 27.8. The van der Waals surface area contributed by atoms with Crippen LogP contribution in [0.3, 0.4) is 0 Å². The van der Waals surface area contributed by atoms with Crippen molar-refractivity contribution in [2.75, 3.05) is 13.2 Å². The molecule has 1 unspecified atom stereocenters. The predicted octanol–water partition coefficient (Wildman–Crippen LogP) is 5.85. The van der Waals surface area contributed by atoms with Crippen LogP contribution in [0.2, 0.25) is 0 Å². The van der Waals surface area contributed by atoms with Crippen LogP contribution in [0.25, 0.3) is 0 Å². The Bertz CT molecular complexity index is 2570. The lowest BCUT2D eigenvalue weighted by Gasteiger charge is -2.37. The molecule has 0 bridgehead atoms. The van der Waals surface area contributed by atoms with Gasteiger partial charge in [-0.2, -0.15) is 0 Å². The lowest BCUT2D eigenvalue weighted by Crippen LogP contribution is -2.33. The second-order valence-corrected chi connectivity index (χ2v) is 12.5. The number of nitro groups is 2. The second-order valence-electron chi connectivity index (χ2n) is 12.5. The summed E-state index contributed by atoms with van der Waals surface area (Å²) in [5.41, 5.74) is -2.23. The minimum Gasteiger partial charge on any atom is -0.489 e. The number of hydrogen-bond donors (Lipinski definition) is 3. The third-order valence-corrected chi connectivity index (χ3v) is 9.03. The highest BCUT2D eigenvalue weighted by molar-refractivity contribution is 5.99. The van der Waals surface area contributed by atoms with Crippen LogP contribution in [0, 0.1) is 20.2 Å². The van der Waals surface area contributed by atoms with Gasteiger partial charge in [-0.3, -0.25) is 20.2 Å². The molecular weight excluding hydrogens is 768 g/mol. The Morgan fingerprint density at radius 2 is 1.21 bits per heavy atom. The summed E-state index contributed by atoms with van der Waals surface area (Å²) in [6, 6.07) is 20.6. The first kappa shape index (κ1) is 38.1. The van der Waals surface area contributed by atoms with Crippen molar-refractivity contribution in [1.29, 1.82) is 0 Å². The average molecular weight is 795 g/mol. The summed E-state index contributed by atoms with van der Waals surface area (Å²) in [5.74, 6) is -5.40. The Balaban J connectivity index is 1.29. The van der Waals surface area contributed by atoms with E-state index in [2.05, 4.69) is 0 Å². The first-order valence-electron chi connectivity index (χ1n) is 16.8. The number of aromatic carboxylic acids is 1. The van der Waals surface area contributed by atoms with Crippen molar-refractivity contribution in [1.82, 2.24) is 0 Å². The van der Waals surface area contributed by atoms with E-state index in [4.69, 9.17) is 38.6 Å². The Kier molecular flexibility index (Phi) is 9.93. The fourth-order valence-corrected chi connectivity index (χ4v) is 6.61. The van der Waals surface area contributed by atoms with Crippen LogP contribution in [0.5, 0.6) is 34.5 Å². The van der Waals surface area contributed by atoms with Crippen molar-refractivity contribution < 1.29 is 72.8 Å². The van der Waals surface area contributed by atoms with Crippen molar-refractivity contribution in [3.63, 3.8) is 0 Å². The van der Waals surface area contributed by atoms with E-state index < -0.39 is 77.0 Å². The number of carbonyl (C=O) groups is 4. The highest BCUT2D eigenvalue weighted by Gasteiger charge is 2.54. The first-order valence-corrected chi connectivity index (χ1v) is 16.8. The maximum Gasteiger partial charge on any atom is 0.343 e. The van der Waals surface area contributed by atoms with Crippen LogP contribution >= 0.6 is 0 Å². The normalized spacial score (nSPS) is 14.5. The minimum atomic E-state index is -1.76. The summed E-state index contributed by atoms with van der Waals surface area (Å²) >= 11 is 0. The summed E-state index contributed by atoms with van der Waals surface area (Å²) in [6.45, 7) is -2.42. The zero-order chi connectivity index (χ0) is 41.3. The number of fused-ring (bicyclic) bond motifs is 6. The van der Waals surface area contributed by atoms with Crippen LogP contribution in [0.4, 0.5) is 11.4 Å². The number of carboxylic acids is 3. The molecule has 58 heavy (non-hydrogen) atoms. The number of esters is 1. The van der Waals surface area contributed by atoms with Gasteiger partial charge in [-0.05, 0) is 54.6 Å². The number of rotatable bonds is 15. The molecule has 5 aromatic rings. The van der Waals surface area contributed by atoms with E-state index in [9.17, 15) is 44.5 Å². The predicted molar refractivity (Wildman–Crippen MR) is 193 cm³/mol. The minimum absolute atomic E-state index is 0.0223. The molecular formula is C39H26N2O17. The van der Waals surface area contributed by atoms with E-state index >= 15 is 0 Å². The third-order valence-electron chi connectivity index (χ3n) is 9.03. The molecule has 19 heteroatoms. The lowest BCUT2D eigenvalue weighted by molar-refractivity contribution is -0.386. The molecule has 0 aliphatic carbocycles. The molecule has 1 spiro atoms. The van der Waals surface area contributed by atoms with Gasteiger partial charge < -0.3 is 43.7 Å². The highest BCUT2D eigenvalue weighted by atomic mass is 16.6. The number of carboxylic acid groups (broad SMARTS) is 3. The molecule has 0 aromatic heterocycles. The third kappa shape index (κ3) is 7.05. The van der Waals surface area contributed by atoms with Crippen LogP contribution < -0.4 is 23.7 Å². The van der Waals surface area contributed by atoms with Crippen molar-refractivity contribution in [2.45, 2.75) is 18.8 Å². The molecule has 0 radical (unpaired) electrons. The number of carbonyl (C=O) groups excluding carboxylic acids is 1. The fraction of sp³-hybridized carbons (Fsp3) is 0.128. The van der Waals surface area contributed by atoms with Crippen LogP contribution in [0.15, 0.2) is 91.0 Å². The molecule has 2 heterocycles. The zero-order valence-electron chi connectivity index (χ0n) is 29.4. The van der Waals surface area contributed by atoms with Gasteiger partial charge in [0.1, 0.15) is 47.5 Å². The Labute approximate surface area is 324 Å². The van der Waals surface area contributed by atoms with Gasteiger partial charge in [-0.1, -0.05) is 18.2 Å². The van der Waals surface area contributed by atoms with Gasteiger partial charge in [0.15, 0.2) is 24.6 Å². The van der Waals surface area contributed by atoms with Crippen molar-refractivity contribution >= 4 is 35.3 Å².